The molecule has 1 aliphatic rings. The van der Waals surface area contributed by atoms with Crippen LogP contribution in [0.2, 0.25) is 0 Å². The minimum Gasteiger partial charge on any atom is -0.369 e. The zero-order valence-corrected chi connectivity index (χ0v) is 12.4. The van der Waals surface area contributed by atoms with Crippen LogP contribution in [-0.4, -0.2) is 31.1 Å². The normalized spacial score (nSPS) is 14.8. The van der Waals surface area contributed by atoms with Gasteiger partial charge in [0, 0.05) is 44.0 Å². The Morgan fingerprint density at radius 3 is 2.64 bits per heavy atom. The van der Waals surface area contributed by atoms with Crippen molar-refractivity contribution < 1.29 is 4.92 Å². The van der Waals surface area contributed by atoms with Crippen LogP contribution in [0.4, 0.5) is 11.4 Å². The maximum Gasteiger partial charge on any atom is 0.269 e. The van der Waals surface area contributed by atoms with E-state index in [1.807, 2.05) is 18.2 Å². The summed E-state index contributed by atoms with van der Waals surface area (Å²) in [6, 6.07) is 15.2. The lowest BCUT2D eigenvalue weighted by atomic mass is 10.0. The SMILES string of the molecule is O=[N+]([O-])c1cccc(Cc2ccccc2N2CCNCC2)c1. The number of rotatable bonds is 4. The Hall–Kier alpha value is -2.40. The second-order valence-corrected chi connectivity index (χ2v) is 5.47. The zero-order valence-electron chi connectivity index (χ0n) is 12.4. The number of benzene rings is 2. The van der Waals surface area contributed by atoms with Crippen molar-refractivity contribution in [3.63, 3.8) is 0 Å². The lowest BCUT2D eigenvalue weighted by Crippen LogP contribution is -2.43. The van der Waals surface area contributed by atoms with E-state index in [0.29, 0.717) is 6.42 Å². The lowest BCUT2D eigenvalue weighted by molar-refractivity contribution is -0.384. The molecule has 1 N–H and O–H groups in total. The zero-order chi connectivity index (χ0) is 15.4. The van der Waals surface area contributed by atoms with Crippen LogP contribution in [0.25, 0.3) is 0 Å². The van der Waals surface area contributed by atoms with Gasteiger partial charge < -0.3 is 10.2 Å². The fourth-order valence-electron chi connectivity index (χ4n) is 2.87. The summed E-state index contributed by atoms with van der Waals surface area (Å²) in [7, 11) is 0. The Balaban J connectivity index is 1.86. The molecule has 0 radical (unpaired) electrons. The third-order valence-electron chi connectivity index (χ3n) is 3.97. The van der Waals surface area contributed by atoms with Crippen LogP contribution in [0.1, 0.15) is 11.1 Å². The van der Waals surface area contributed by atoms with Crippen molar-refractivity contribution in [1.29, 1.82) is 0 Å². The van der Waals surface area contributed by atoms with E-state index in [4.69, 9.17) is 0 Å². The standard InChI is InChI=1S/C17H19N3O2/c21-20(22)16-6-3-4-14(13-16)12-15-5-1-2-7-17(15)19-10-8-18-9-11-19/h1-7,13,18H,8-12H2. The Labute approximate surface area is 129 Å². The molecule has 1 saturated heterocycles. The molecular formula is C17H19N3O2. The van der Waals surface area contributed by atoms with E-state index in [1.165, 1.54) is 17.3 Å². The number of nitrogens with zero attached hydrogens (tertiary/aromatic N) is 2. The molecular weight excluding hydrogens is 278 g/mol. The summed E-state index contributed by atoms with van der Waals surface area (Å²) < 4.78 is 0. The second-order valence-electron chi connectivity index (χ2n) is 5.47. The Bertz CT molecular complexity index is 666. The molecule has 2 aromatic rings. The molecule has 0 aliphatic carbocycles. The van der Waals surface area contributed by atoms with Crippen molar-refractivity contribution in [1.82, 2.24) is 5.32 Å². The molecule has 5 nitrogen and oxygen atoms in total. The van der Waals surface area contributed by atoms with E-state index in [9.17, 15) is 10.1 Å². The molecule has 22 heavy (non-hydrogen) atoms. The third kappa shape index (κ3) is 3.26. The van der Waals surface area contributed by atoms with Gasteiger partial charge in [0.05, 0.1) is 4.92 Å². The van der Waals surface area contributed by atoms with Crippen molar-refractivity contribution >= 4 is 11.4 Å². The first-order valence-electron chi connectivity index (χ1n) is 7.51. The fourth-order valence-corrected chi connectivity index (χ4v) is 2.87. The summed E-state index contributed by atoms with van der Waals surface area (Å²) in [5.41, 5.74) is 3.56. The van der Waals surface area contributed by atoms with Gasteiger partial charge in [-0.25, -0.2) is 0 Å². The molecule has 1 aliphatic heterocycles. The number of piperazine rings is 1. The number of non-ortho nitro benzene ring substituents is 1. The van der Waals surface area contributed by atoms with Gasteiger partial charge in [0.25, 0.3) is 5.69 Å². The lowest BCUT2D eigenvalue weighted by Gasteiger charge is -2.31. The maximum atomic E-state index is 10.9. The first-order valence-corrected chi connectivity index (χ1v) is 7.51. The van der Waals surface area contributed by atoms with Crippen molar-refractivity contribution in [2.75, 3.05) is 31.1 Å². The molecule has 0 amide bonds. The Morgan fingerprint density at radius 1 is 1.09 bits per heavy atom. The number of nitro benzene ring substituents is 1. The van der Waals surface area contributed by atoms with Crippen LogP contribution >= 0.6 is 0 Å². The summed E-state index contributed by atoms with van der Waals surface area (Å²) in [4.78, 5) is 12.9. The van der Waals surface area contributed by atoms with E-state index in [0.717, 1.165) is 31.7 Å². The number of nitro groups is 1. The highest BCUT2D eigenvalue weighted by molar-refractivity contribution is 5.56. The number of nitrogens with one attached hydrogen (secondary N) is 1. The second kappa shape index (κ2) is 6.58. The summed E-state index contributed by atoms with van der Waals surface area (Å²) in [6.45, 7) is 3.97. The van der Waals surface area contributed by atoms with Crippen molar-refractivity contribution in [2.24, 2.45) is 0 Å². The minimum absolute atomic E-state index is 0.150. The Morgan fingerprint density at radius 2 is 1.86 bits per heavy atom. The third-order valence-corrected chi connectivity index (χ3v) is 3.97. The van der Waals surface area contributed by atoms with Crippen LogP contribution < -0.4 is 10.2 Å². The van der Waals surface area contributed by atoms with Crippen molar-refractivity contribution in [3.8, 4) is 0 Å². The summed E-state index contributed by atoms with van der Waals surface area (Å²) in [6.07, 6.45) is 0.710. The highest BCUT2D eigenvalue weighted by Crippen LogP contribution is 2.25. The molecule has 1 heterocycles. The van der Waals surface area contributed by atoms with E-state index in [-0.39, 0.29) is 10.6 Å². The molecule has 0 atom stereocenters. The maximum absolute atomic E-state index is 10.9. The predicted molar refractivity (Wildman–Crippen MR) is 87.4 cm³/mol. The van der Waals surface area contributed by atoms with Crippen LogP contribution in [0.15, 0.2) is 48.5 Å². The molecule has 2 aromatic carbocycles. The van der Waals surface area contributed by atoms with Gasteiger partial charge in [0.2, 0.25) is 0 Å². The number of para-hydroxylation sites is 1. The van der Waals surface area contributed by atoms with Gasteiger partial charge in [-0.1, -0.05) is 30.3 Å². The molecule has 5 heteroatoms. The topological polar surface area (TPSA) is 58.4 Å². The highest BCUT2D eigenvalue weighted by Gasteiger charge is 2.14. The van der Waals surface area contributed by atoms with Crippen LogP contribution in [0, 0.1) is 10.1 Å². The van der Waals surface area contributed by atoms with Crippen LogP contribution in [-0.2, 0) is 6.42 Å². The van der Waals surface area contributed by atoms with Gasteiger partial charge in [-0.3, -0.25) is 10.1 Å². The van der Waals surface area contributed by atoms with E-state index in [2.05, 4.69) is 22.3 Å². The van der Waals surface area contributed by atoms with E-state index in [1.54, 1.807) is 12.1 Å². The smallest absolute Gasteiger partial charge is 0.269 e. The van der Waals surface area contributed by atoms with E-state index >= 15 is 0 Å². The number of hydrogen-bond donors (Lipinski definition) is 1. The number of anilines is 1. The van der Waals surface area contributed by atoms with Gasteiger partial charge in [0.15, 0.2) is 0 Å². The van der Waals surface area contributed by atoms with Gasteiger partial charge in [-0.2, -0.15) is 0 Å². The predicted octanol–water partition coefficient (Wildman–Crippen LogP) is 2.60. The van der Waals surface area contributed by atoms with Gasteiger partial charge in [-0.05, 0) is 23.6 Å². The monoisotopic (exact) mass is 297 g/mol. The van der Waals surface area contributed by atoms with Crippen molar-refractivity contribution in [3.05, 3.63) is 69.8 Å². The van der Waals surface area contributed by atoms with Crippen molar-refractivity contribution in [2.45, 2.75) is 6.42 Å². The quantitative estimate of drug-likeness (QED) is 0.696. The molecule has 0 bridgehead atoms. The molecule has 1 fully saturated rings. The summed E-state index contributed by atoms with van der Waals surface area (Å²) in [5.74, 6) is 0. The molecule has 114 valence electrons. The Kier molecular flexibility index (Phi) is 4.34. The molecule has 0 spiro atoms. The molecule has 3 rings (SSSR count). The average molecular weight is 297 g/mol. The van der Waals surface area contributed by atoms with Gasteiger partial charge >= 0.3 is 0 Å². The first kappa shape index (κ1) is 14.5. The molecule has 0 saturated carbocycles. The largest absolute Gasteiger partial charge is 0.369 e. The molecule has 0 unspecified atom stereocenters. The highest BCUT2D eigenvalue weighted by atomic mass is 16.6. The minimum atomic E-state index is -0.342. The fraction of sp³-hybridized carbons (Fsp3) is 0.294. The summed E-state index contributed by atoms with van der Waals surface area (Å²) >= 11 is 0. The van der Waals surface area contributed by atoms with Crippen LogP contribution in [0.3, 0.4) is 0 Å². The average Bonchev–Trinajstić information content (AvgIpc) is 2.56. The van der Waals surface area contributed by atoms with E-state index < -0.39 is 0 Å². The van der Waals surface area contributed by atoms with Gasteiger partial charge in [0.1, 0.15) is 0 Å². The summed E-state index contributed by atoms with van der Waals surface area (Å²) in [5, 5.41) is 14.3. The van der Waals surface area contributed by atoms with Gasteiger partial charge in [-0.15, -0.1) is 0 Å². The first-order chi connectivity index (χ1) is 10.7. The van der Waals surface area contributed by atoms with Crippen LogP contribution in [0.5, 0.6) is 0 Å². The number of hydrogen-bond acceptors (Lipinski definition) is 4. The molecule has 0 aromatic heterocycles.